The molecule has 0 spiro atoms. The molecule has 0 unspecified atom stereocenters. The van der Waals surface area contributed by atoms with Crippen molar-refractivity contribution in [1.82, 2.24) is 0 Å². The van der Waals surface area contributed by atoms with Crippen molar-refractivity contribution in [1.29, 1.82) is 0 Å². The number of carboxylic acids is 1. The third kappa shape index (κ3) is 12.1. The Morgan fingerprint density at radius 1 is 0.706 bits per heavy atom. The van der Waals surface area contributed by atoms with Gasteiger partial charge in [0.2, 0.25) is 0 Å². The molecule has 0 radical (unpaired) electrons. The van der Waals surface area contributed by atoms with Gasteiger partial charge in [-0.1, -0.05) is 0 Å². The second-order valence-electron chi connectivity index (χ2n) is 4.89. The fraction of sp³-hybridized carbons (Fsp3) is 0.0333. The first kappa shape index (κ1) is 25.5. The predicted octanol–water partition coefficient (Wildman–Crippen LogP) is 6.81. The number of hydrogen-bond donors (Lipinski definition) is 1. The molecule has 1 aromatic rings. The zero-order valence-corrected chi connectivity index (χ0v) is 17.5. The molecule has 1 aromatic carbocycles. The average molecular weight is 477 g/mol. The van der Waals surface area contributed by atoms with Crippen molar-refractivity contribution in [2.75, 3.05) is 7.11 Å². The van der Waals surface area contributed by atoms with Crippen molar-refractivity contribution in [2.45, 2.75) is 0 Å². The van der Waals surface area contributed by atoms with E-state index in [1.165, 1.54) is 25.3 Å². The molecule has 0 aliphatic rings. The van der Waals surface area contributed by atoms with Crippen LogP contribution in [0.25, 0.3) is 0 Å². The van der Waals surface area contributed by atoms with Gasteiger partial charge < -0.3 is 14.6 Å². The lowest BCUT2D eigenvalue weighted by atomic mass is 10.2. The zero-order valence-electron chi connectivity index (χ0n) is 17.5. The first-order valence-corrected chi connectivity index (χ1v) is 8.73. The molecule has 0 aliphatic carbocycles. The molecular formula is C30H52O4. The summed E-state index contributed by atoms with van der Waals surface area (Å²) < 4.78 is 10.2. The monoisotopic (exact) mass is 476 g/mol. The summed E-state index contributed by atoms with van der Waals surface area (Å²) in [4.78, 5) is 10.9. The zero-order chi connectivity index (χ0) is 24.7. The number of benzene rings is 1. The Morgan fingerprint density at radius 3 is 1.50 bits per heavy atom. The Hall–Kier alpha value is -6.55. The van der Waals surface area contributed by atoms with E-state index in [-0.39, 0.29) is 48.4 Å². The lowest BCUT2D eigenvalue weighted by Crippen LogP contribution is -1.98. The van der Waals surface area contributed by atoms with Gasteiger partial charge in [-0.3, -0.25) is 0 Å². The highest BCUT2D eigenvalue weighted by molar-refractivity contribution is 5.88. The summed E-state index contributed by atoms with van der Waals surface area (Å²) in [6, 6.07) is 4.12. The number of carbonyl (C=O) groups is 1. The number of terminal acetylenes is 1. The normalized spacial score (nSPS) is 6.00. The van der Waals surface area contributed by atoms with E-state index in [0.29, 0.717) is 0 Å². The van der Waals surface area contributed by atoms with Crippen molar-refractivity contribution in [3.63, 3.8) is 0 Å². The van der Waals surface area contributed by atoms with Gasteiger partial charge in [-0.2, -0.15) is 0 Å². The van der Waals surface area contributed by atoms with Crippen LogP contribution in [0.3, 0.4) is 0 Å². The predicted molar refractivity (Wildman–Crippen MR) is 174 cm³/mol. The quantitative estimate of drug-likeness (QED) is 0.487. The number of carboxylic acid groups (broad SMARTS) is 1. The SMILES string of the molecule is C#CC#CC#CC#CC#CC#CC#CC#CC#CC#CC#COc1ccc(C(=O)O)cc1OC.[HH].[HH].[HH].[HH].[HH].[HH].[HH].[HH].[HH].[HH].[HH].[HH].[HH].[HH].[HH].[HH].[HH].[HH].[HH].[HH].[HH].[HH]. The van der Waals surface area contributed by atoms with Crippen molar-refractivity contribution in [3.05, 3.63) is 23.8 Å². The summed E-state index contributed by atoms with van der Waals surface area (Å²) in [6.07, 6.45) is 7.27. The minimum atomic E-state index is -1.08. The van der Waals surface area contributed by atoms with E-state index in [4.69, 9.17) is 21.0 Å². The minimum absolute atomic E-state index is 0. The van der Waals surface area contributed by atoms with Crippen LogP contribution in [-0.2, 0) is 0 Å². The topological polar surface area (TPSA) is 55.8 Å². The van der Waals surface area contributed by atoms with Gasteiger partial charge in [-0.05, 0) is 65.6 Å². The molecule has 1 rings (SSSR count). The highest BCUT2D eigenvalue weighted by Crippen LogP contribution is 2.27. The second-order valence-corrected chi connectivity index (χ2v) is 4.89. The van der Waals surface area contributed by atoms with Gasteiger partial charge in [0.15, 0.2) is 11.5 Å². The van der Waals surface area contributed by atoms with Crippen LogP contribution in [0.5, 0.6) is 11.5 Å². The van der Waals surface area contributed by atoms with Crippen molar-refractivity contribution < 1.29 is 50.8 Å². The van der Waals surface area contributed by atoms with Crippen LogP contribution in [0.15, 0.2) is 18.2 Å². The molecule has 0 heterocycles. The molecule has 4 nitrogen and oxygen atoms in total. The fourth-order valence-corrected chi connectivity index (χ4v) is 1.56. The van der Waals surface area contributed by atoms with Gasteiger partial charge in [0.05, 0.1) is 12.7 Å². The van der Waals surface area contributed by atoms with E-state index < -0.39 is 5.97 Å². The summed E-state index contributed by atoms with van der Waals surface area (Å²) in [5, 5.41) is 8.96. The van der Waals surface area contributed by atoms with Crippen LogP contribution in [-0.4, -0.2) is 18.2 Å². The lowest BCUT2D eigenvalue weighted by molar-refractivity contribution is 0.0696. The van der Waals surface area contributed by atoms with E-state index in [1.54, 1.807) is 0 Å². The number of rotatable bonds is 3. The maximum absolute atomic E-state index is 10.9. The van der Waals surface area contributed by atoms with E-state index in [1.807, 2.05) is 0 Å². The molecule has 0 amide bonds. The summed E-state index contributed by atoms with van der Waals surface area (Å²) in [5.41, 5.74) is 0.0648. The molecule has 0 fully saturated rings. The summed E-state index contributed by atoms with van der Waals surface area (Å²) in [5.74, 6) is 48.2. The Kier molecular flexibility index (Phi) is 13.0. The largest absolute Gasteiger partial charge is 0.493 e. The maximum Gasteiger partial charge on any atom is 0.335 e. The minimum Gasteiger partial charge on any atom is -0.493 e. The number of methoxy groups -OCH3 is 1. The maximum atomic E-state index is 10.9. The Labute approximate surface area is 231 Å². The molecule has 0 bridgehead atoms. The first-order chi connectivity index (χ1) is 16.7. The van der Waals surface area contributed by atoms with Crippen LogP contribution >= 0.6 is 0 Å². The van der Waals surface area contributed by atoms with Gasteiger partial charge in [0, 0.05) is 102 Å². The van der Waals surface area contributed by atoms with Crippen LogP contribution in [0.1, 0.15) is 41.7 Å². The van der Waals surface area contributed by atoms with Crippen LogP contribution in [0.2, 0.25) is 0 Å². The molecule has 34 heavy (non-hydrogen) atoms. The van der Waals surface area contributed by atoms with Gasteiger partial charge in [-0.15, -0.1) is 6.42 Å². The third-order valence-electron chi connectivity index (χ3n) is 2.82. The number of aromatic carboxylic acids is 1. The highest BCUT2D eigenvalue weighted by Gasteiger charge is 2.09. The lowest BCUT2D eigenvalue weighted by Gasteiger charge is -2.06. The van der Waals surface area contributed by atoms with Crippen LogP contribution < -0.4 is 9.47 Å². The smallest absolute Gasteiger partial charge is 0.335 e. The third-order valence-corrected chi connectivity index (χ3v) is 2.82. The summed E-state index contributed by atoms with van der Waals surface area (Å²) in [7, 11) is 1.39. The molecular weight excluding hydrogens is 424 g/mol. The van der Waals surface area contributed by atoms with Crippen molar-refractivity contribution in [2.24, 2.45) is 0 Å². The van der Waals surface area contributed by atoms with Gasteiger partial charge >= 0.3 is 5.97 Å². The standard InChI is InChI=1S/C30H8O4.22H2/c1-3-4-5-6-7-8-9-10-11-12-13-14-15-16-17-18-19-20-21-22-25-34-28-24-23-27(30(31)32)26-29(28)33-2;;;;;;;;;;;;;;;;;;;;;;/h1,23-24,26H,2H3,(H,31,32);22*1H. The molecule has 0 aromatic heterocycles. The first-order valence-electron chi connectivity index (χ1n) is 8.73. The Balaban J connectivity index is -0.0000000263. The summed E-state index contributed by atoms with van der Waals surface area (Å²) >= 11 is 0. The fourth-order valence-electron chi connectivity index (χ4n) is 1.56. The molecule has 196 valence electrons. The molecule has 0 saturated carbocycles. The molecule has 4 heteroatoms. The van der Waals surface area contributed by atoms with E-state index in [0.717, 1.165) is 0 Å². The van der Waals surface area contributed by atoms with E-state index >= 15 is 0 Å². The molecule has 1 N–H and O–H groups in total. The molecule has 0 saturated heterocycles. The van der Waals surface area contributed by atoms with Gasteiger partial charge in [0.1, 0.15) is 6.11 Å². The highest BCUT2D eigenvalue weighted by atomic mass is 16.5. The number of ether oxygens (including phenoxy) is 2. The van der Waals surface area contributed by atoms with Crippen molar-refractivity contribution >= 4 is 5.97 Å². The van der Waals surface area contributed by atoms with E-state index in [9.17, 15) is 4.79 Å². The number of hydrogen-bond acceptors (Lipinski definition) is 3. The molecule has 0 aliphatic heterocycles. The van der Waals surface area contributed by atoms with Gasteiger partial charge in [0.25, 0.3) is 0 Å². The van der Waals surface area contributed by atoms with E-state index in [2.05, 4.69) is 125 Å². The average Bonchev–Trinajstić information content (AvgIpc) is 2.84. The van der Waals surface area contributed by atoms with Crippen molar-refractivity contribution in [3.8, 4) is 142 Å². The molecule has 0 atom stereocenters. The van der Waals surface area contributed by atoms with Crippen LogP contribution in [0, 0.1) is 131 Å². The Bertz CT molecular complexity index is 1700. The van der Waals surface area contributed by atoms with Crippen LogP contribution in [0.4, 0.5) is 0 Å². The van der Waals surface area contributed by atoms with Gasteiger partial charge in [-0.25, -0.2) is 4.79 Å². The summed E-state index contributed by atoms with van der Waals surface area (Å²) in [6.45, 7) is 0. The second kappa shape index (κ2) is 17.3. The Morgan fingerprint density at radius 2 is 1.12 bits per heavy atom.